The van der Waals surface area contributed by atoms with Crippen molar-refractivity contribution in [1.82, 2.24) is 20.0 Å². The molecule has 0 spiro atoms. The third-order valence-electron chi connectivity index (χ3n) is 5.96. The number of carbonyl (C=O) groups is 1. The fourth-order valence-corrected chi connectivity index (χ4v) is 3.90. The van der Waals surface area contributed by atoms with Gasteiger partial charge in [0.2, 0.25) is 11.7 Å². The number of rotatable bonds is 7. The number of pyridine rings is 1. The largest absolute Gasteiger partial charge is 0.376 e. The van der Waals surface area contributed by atoms with Crippen LogP contribution in [0.5, 0.6) is 0 Å². The number of likely N-dealkylation sites (tertiary alicyclic amines) is 1. The second kappa shape index (κ2) is 9.48. The van der Waals surface area contributed by atoms with E-state index >= 15 is 0 Å². The number of nitrogens with one attached hydrogen (secondary N) is 1. The Morgan fingerprint density at radius 3 is 2.78 bits per heavy atom. The van der Waals surface area contributed by atoms with Gasteiger partial charge >= 0.3 is 6.03 Å². The molecule has 2 amide bonds. The minimum absolute atomic E-state index is 0.0841. The third-order valence-corrected chi connectivity index (χ3v) is 5.96. The van der Waals surface area contributed by atoms with Crippen LogP contribution < -0.4 is 5.32 Å². The van der Waals surface area contributed by atoms with Gasteiger partial charge in [-0.15, -0.1) is 0 Å². The summed E-state index contributed by atoms with van der Waals surface area (Å²) in [6.07, 6.45) is 5.84. The molecule has 0 atom stereocenters. The van der Waals surface area contributed by atoms with Gasteiger partial charge in [0.1, 0.15) is 5.69 Å². The highest BCUT2D eigenvalue weighted by molar-refractivity contribution is 5.89. The van der Waals surface area contributed by atoms with E-state index in [4.69, 9.17) is 9.26 Å². The summed E-state index contributed by atoms with van der Waals surface area (Å²) in [5.74, 6) is 2.01. The number of hydrogen-bond acceptors (Lipinski definition) is 6. The Kier molecular flexibility index (Phi) is 6.11. The van der Waals surface area contributed by atoms with Gasteiger partial charge < -0.3 is 19.5 Å². The molecule has 0 bridgehead atoms. The molecule has 1 aliphatic heterocycles. The van der Waals surface area contributed by atoms with Crippen molar-refractivity contribution in [3.05, 3.63) is 60.1 Å². The molecule has 5 rings (SSSR count). The number of anilines is 1. The zero-order valence-corrected chi connectivity index (χ0v) is 17.9. The number of hydrogen-bond donors (Lipinski definition) is 1. The van der Waals surface area contributed by atoms with E-state index < -0.39 is 0 Å². The zero-order valence-electron chi connectivity index (χ0n) is 17.9. The first kappa shape index (κ1) is 20.6. The Morgan fingerprint density at radius 2 is 2.00 bits per heavy atom. The quantitative estimate of drug-likeness (QED) is 0.591. The van der Waals surface area contributed by atoms with Gasteiger partial charge in [0.15, 0.2) is 0 Å². The molecule has 166 valence electrons. The van der Waals surface area contributed by atoms with Crippen LogP contribution in [0.2, 0.25) is 0 Å². The highest BCUT2D eigenvalue weighted by Crippen LogP contribution is 2.30. The van der Waals surface area contributed by atoms with Gasteiger partial charge in [-0.3, -0.25) is 4.98 Å². The van der Waals surface area contributed by atoms with Gasteiger partial charge in [-0.25, -0.2) is 4.79 Å². The van der Waals surface area contributed by atoms with Gasteiger partial charge in [-0.1, -0.05) is 23.4 Å². The minimum atomic E-state index is -0.0841. The summed E-state index contributed by atoms with van der Waals surface area (Å²) in [6, 6.07) is 13.4. The Labute approximate surface area is 187 Å². The van der Waals surface area contributed by atoms with Crippen molar-refractivity contribution in [3.8, 4) is 11.5 Å². The van der Waals surface area contributed by atoms with Gasteiger partial charge in [-0.05, 0) is 61.4 Å². The molecule has 3 heterocycles. The van der Waals surface area contributed by atoms with E-state index in [-0.39, 0.29) is 11.9 Å². The SMILES string of the molecule is O=C(Nc1cccc(COCC2CC2)c1)N1CCC(c2nc(-c3ccccn3)no2)CC1. The first-order valence-corrected chi connectivity index (χ1v) is 11.2. The van der Waals surface area contributed by atoms with Crippen molar-refractivity contribution in [2.24, 2.45) is 5.92 Å². The van der Waals surface area contributed by atoms with Crippen molar-refractivity contribution < 1.29 is 14.1 Å². The molecular formula is C24H27N5O3. The highest BCUT2D eigenvalue weighted by Gasteiger charge is 2.28. The van der Waals surface area contributed by atoms with E-state index in [1.165, 1.54) is 12.8 Å². The molecule has 32 heavy (non-hydrogen) atoms. The van der Waals surface area contributed by atoms with Crippen LogP contribution in [0.15, 0.2) is 53.2 Å². The van der Waals surface area contributed by atoms with Crippen LogP contribution in [0, 0.1) is 5.92 Å². The summed E-state index contributed by atoms with van der Waals surface area (Å²) in [4.78, 5) is 23.4. The fourth-order valence-electron chi connectivity index (χ4n) is 3.90. The number of aromatic nitrogens is 3. The Balaban J connectivity index is 1.12. The van der Waals surface area contributed by atoms with Crippen LogP contribution in [0.4, 0.5) is 10.5 Å². The Morgan fingerprint density at radius 1 is 1.12 bits per heavy atom. The van der Waals surface area contributed by atoms with E-state index in [0.29, 0.717) is 37.1 Å². The summed E-state index contributed by atoms with van der Waals surface area (Å²) < 4.78 is 11.2. The van der Waals surface area contributed by atoms with Gasteiger partial charge in [0.05, 0.1) is 6.61 Å². The lowest BCUT2D eigenvalue weighted by atomic mass is 9.97. The smallest absolute Gasteiger partial charge is 0.321 e. The average Bonchev–Trinajstić information content (AvgIpc) is 3.52. The Hall–Kier alpha value is -3.26. The average molecular weight is 434 g/mol. The highest BCUT2D eigenvalue weighted by atomic mass is 16.5. The van der Waals surface area contributed by atoms with E-state index in [0.717, 1.165) is 36.6 Å². The number of carbonyl (C=O) groups excluding carboxylic acids is 1. The molecule has 1 saturated carbocycles. The molecule has 2 aromatic heterocycles. The molecule has 3 aromatic rings. The summed E-state index contributed by atoms with van der Waals surface area (Å²) in [6.45, 7) is 2.69. The lowest BCUT2D eigenvalue weighted by Gasteiger charge is -2.30. The summed E-state index contributed by atoms with van der Waals surface area (Å²) in [7, 11) is 0. The van der Waals surface area contributed by atoms with Crippen molar-refractivity contribution in [1.29, 1.82) is 0 Å². The lowest BCUT2D eigenvalue weighted by molar-refractivity contribution is 0.111. The van der Waals surface area contributed by atoms with Crippen LogP contribution in [0.3, 0.4) is 0 Å². The van der Waals surface area contributed by atoms with Crippen molar-refractivity contribution in [2.75, 3.05) is 25.0 Å². The second-order valence-corrected chi connectivity index (χ2v) is 8.52. The molecule has 1 saturated heterocycles. The first-order chi connectivity index (χ1) is 15.7. The molecule has 8 heteroatoms. The predicted molar refractivity (Wildman–Crippen MR) is 119 cm³/mol. The summed E-state index contributed by atoms with van der Waals surface area (Å²) in [5, 5.41) is 7.08. The standard InChI is InChI=1S/C24H27N5O3/c30-24(26-20-5-3-4-18(14-20)16-31-15-17-7-8-17)29-12-9-19(10-13-29)23-27-22(28-32-23)21-6-1-2-11-25-21/h1-6,11,14,17,19H,7-10,12-13,15-16H2,(H,26,30). The van der Waals surface area contributed by atoms with Crippen LogP contribution in [-0.2, 0) is 11.3 Å². The molecule has 2 fully saturated rings. The Bertz CT molecular complexity index is 1040. The molecular weight excluding hydrogens is 406 g/mol. The number of piperidine rings is 1. The maximum Gasteiger partial charge on any atom is 0.321 e. The van der Waals surface area contributed by atoms with Crippen molar-refractivity contribution in [3.63, 3.8) is 0 Å². The number of benzene rings is 1. The monoisotopic (exact) mass is 433 g/mol. The van der Waals surface area contributed by atoms with Gasteiger partial charge in [-0.2, -0.15) is 4.98 Å². The molecule has 1 aliphatic carbocycles. The molecule has 1 N–H and O–H groups in total. The van der Waals surface area contributed by atoms with E-state index in [9.17, 15) is 4.79 Å². The summed E-state index contributed by atoms with van der Waals surface area (Å²) >= 11 is 0. The number of urea groups is 1. The first-order valence-electron chi connectivity index (χ1n) is 11.2. The number of ether oxygens (including phenoxy) is 1. The van der Waals surface area contributed by atoms with Crippen LogP contribution in [0.1, 0.15) is 43.1 Å². The molecule has 0 radical (unpaired) electrons. The van der Waals surface area contributed by atoms with Crippen LogP contribution in [-0.4, -0.2) is 45.8 Å². The van der Waals surface area contributed by atoms with Crippen LogP contribution in [0.25, 0.3) is 11.5 Å². The molecule has 2 aliphatic rings. The number of amides is 2. The second-order valence-electron chi connectivity index (χ2n) is 8.52. The lowest BCUT2D eigenvalue weighted by Crippen LogP contribution is -2.40. The van der Waals surface area contributed by atoms with Gasteiger partial charge in [0.25, 0.3) is 0 Å². The predicted octanol–water partition coefficient (Wildman–Crippen LogP) is 4.47. The minimum Gasteiger partial charge on any atom is -0.376 e. The molecule has 0 unspecified atom stereocenters. The van der Waals surface area contributed by atoms with Crippen LogP contribution >= 0.6 is 0 Å². The van der Waals surface area contributed by atoms with E-state index in [1.807, 2.05) is 47.4 Å². The van der Waals surface area contributed by atoms with E-state index in [2.05, 4.69) is 20.4 Å². The summed E-state index contributed by atoms with van der Waals surface area (Å²) in [5.41, 5.74) is 2.56. The molecule has 1 aromatic carbocycles. The molecule has 8 nitrogen and oxygen atoms in total. The topological polar surface area (TPSA) is 93.4 Å². The number of nitrogens with zero attached hydrogens (tertiary/aromatic N) is 4. The maximum atomic E-state index is 12.7. The van der Waals surface area contributed by atoms with Crippen molar-refractivity contribution in [2.45, 2.75) is 38.2 Å². The normalized spacial score (nSPS) is 16.8. The fraction of sp³-hybridized carbons (Fsp3) is 0.417. The maximum absolute atomic E-state index is 12.7. The third kappa shape index (κ3) is 5.13. The van der Waals surface area contributed by atoms with Gasteiger partial charge in [0, 0.05) is 37.5 Å². The van der Waals surface area contributed by atoms with E-state index in [1.54, 1.807) is 6.20 Å². The van der Waals surface area contributed by atoms with Crippen molar-refractivity contribution >= 4 is 11.7 Å². The zero-order chi connectivity index (χ0) is 21.8.